The number of aromatic nitrogens is 2. The summed E-state index contributed by atoms with van der Waals surface area (Å²) < 4.78 is 8.77. The second-order valence-electron chi connectivity index (χ2n) is 5.10. The molecule has 0 radical (unpaired) electrons. The average Bonchev–Trinajstić information content (AvgIpc) is 3.05. The molecule has 3 nitrogen and oxygen atoms in total. The lowest BCUT2D eigenvalue weighted by Gasteiger charge is -2.16. The highest BCUT2D eigenvalue weighted by Crippen LogP contribution is 2.26. The van der Waals surface area contributed by atoms with Gasteiger partial charge in [0.2, 0.25) is 0 Å². The number of nitrogens with zero attached hydrogens (tertiary/aromatic N) is 2. The summed E-state index contributed by atoms with van der Waals surface area (Å²) in [6, 6.07) is 10.4. The van der Waals surface area contributed by atoms with E-state index in [2.05, 4.69) is 33.5 Å². The van der Waals surface area contributed by atoms with Crippen LogP contribution in [0.2, 0.25) is 0 Å². The molecule has 0 saturated heterocycles. The fraction of sp³-hybridized carbons (Fsp3) is 0.312. The maximum atomic E-state index is 5.93. The standard InChI is InChI=1S/C16H16BrClN2O/c1-11(9-13-3-2-8-21-13)20-15-5-4-12(17)10-14(15)19-16(20)6-7-18/h2-5,8,10-11H,6-7,9H2,1H3. The van der Waals surface area contributed by atoms with Crippen LogP contribution in [-0.4, -0.2) is 15.4 Å². The van der Waals surface area contributed by atoms with Crippen molar-refractivity contribution >= 4 is 38.6 Å². The predicted octanol–water partition coefficient (Wildman–Crippen LogP) is 4.98. The van der Waals surface area contributed by atoms with E-state index < -0.39 is 0 Å². The zero-order valence-corrected chi connectivity index (χ0v) is 14.1. The number of hydrogen-bond donors (Lipinski definition) is 0. The highest BCUT2D eigenvalue weighted by atomic mass is 79.9. The Hall–Kier alpha value is -1.26. The van der Waals surface area contributed by atoms with Crippen LogP contribution in [0.4, 0.5) is 0 Å². The quantitative estimate of drug-likeness (QED) is 0.596. The van der Waals surface area contributed by atoms with E-state index in [4.69, 9.17) is 21.0 Å². The van der Waals surface area contributed by atoms with Crippen LogP contribution in [0, 0.1) is 0 Å². The molecule has 0 aliphatic heterocycles. The van der Waals surface area contributed by atoms with Gasteiger partial charge in [0.25, 0.3) is 0 Å². The van der Waals surface area contributed by atoms with Gasteiger partial charge < -0.3 is 8.98 Å². The Labute approximate surface area is 137 Å². The second-order valence-corrected chi connectivity index (χ2v) is 6.40. The highest BCUT2D eigenvalue weighted by molar-refractivity contribution is 9.10. The maximum absolute atomic E-state index is 5.93. The van der Waals surface area contributed by atoms with Gasteiger partial charge in [0.15, 0.2) is 0 Å². The lowest BCUT2D eigenvalue weighted by molar-refractivity contribution is 0.447. The average molecular weight is 368 g/mol. The predicted molar refractivity (Wildman–Crippen MR) is 89.0 cm³/mol. The van der Waals surface area contributed by atoms with E-state index in [1.54, 1.807) is 6.26 Å². The molecule has 1 atom stereocenters. The van der Waals surface area contributed by atoms with E-state index in [9.17, 15) is 0 Å². The second kappa shape index (κ2) is 6.24. The summed E-state index contributed by atoms with van der Waals surface area (Å²) in [5.41, 5.74) is 2.13. The summed E-state index contributed by atoms with van der Waals surface area (Å²) in [5.74, 6) is 2.58. The molecule has 0 aliphatic carbocycles. The number of fused-ring (bicyclic) bond motifs is 1. The van der Waals surface area contributed by atoms with Crippen molar-refractivity contribution in [1.29, 1.82) is 0 Å². The molecule has 1 aromatic carbocycles. The molecule has 0 N–H and O–H groups in total. The molecule has 3 aromatic rings. The summed E-state index contributed by atoms with van der Waals surface area (Å²) in [5, 5.41) is 0. The third-order valence-electron chi connectivity index (χ3n) is 3.56. The van der Waals surface area contributed by atoms with Gasteiger partial charge in [-0.3, -0.25) is 0 Å². The highest BCUT2D eigenvalue weighted by Gasteiger charge is 2.17. The molecular weight excluding hydrogens is 352 g/mol. The van der Waals surface area contributed by atoms with Crippen molar-refractivity contribution in [1.82, 2.24) is 9.55 Å². The number of aryl methyl sites for hydroxylation is 1. The summed E-state index contributed by atoms with van der Waals surface area (Å²) in [4.78, 5) is 4.73. The minimum atomic E-state index is 0.264. The van der Waals surface area contributed by atoms with Gasteiger partial charge in [0.05, 0.1) is 17.3 Å². The Kier molecular flexibility index (Phi) is 4.36. The van der Waals surface area contributed by atoms with Crippen LogP contribution < -0.4 is 0 Å². The van der Waals surface area contributed by atoms with Gasteiger partial charge in [-0.25, -0.2) is 4.98 Å². The van der Waals surface area contributed by atoms with Crippen LogP contribution in [0.25, 0.3) is 11.0 Å². The Morgan fingerprint density at radius 3 is 2.95 bits per heavy atom. The Bertz CT molecular complexity index is 736. The Morgan fingerprint density at radius 2 is 2.24 bits per heavy atom. The molecular formula is C16H16BrClN2O. The summed E-state index contributed by atoms with van der Waals surface area (Å²) >= 11 is 9.43. The van der Waals surface area contributed by atoms with E-state index in [-0.39, 0.29) is 6.04 Å². The van der Waals surface area contributed by atoms with Crippen LogP contribution >= 0.6 is 27.5 Å². The molecule has 0 spiro atoms. The number of halogens is 2. The van der Waals surface area contributed by atoms with Crippen molar-refractivity contribution < 1.29 is 4.42 Å². The topological polar surface area (TPSA) is 31.0 Å². The monoisotopic (exact) mass is 366 g/mol. The van der Waals surface area contributed by atoms with E-state index in [0.29, 0.717) is 5.88 Å². The van der Waals surface area contributed by atoms with Gasteiger partial charge >= 0.3 is 0 Å². The smallest absolute Gasteiger partial charge is 0.111 e. The number of hydrogen-bond acceptors (Lipinski definition) is 2. The van der Waals surface area contributed by atoms with Crippen molar-refractivity contribution in [2.24, 2.45) is 0 Å². The van der Waals surface area contributed by atoms with Crippen LogP contribution in [0.5, 0.6) is 0 Å². The zero-order chi connectivity index (χ0) is 14.8. The van der Waals surface area contributed by atoms with Gasteiger partial charge in [-0.15, -0.1) is 11.6 Å². The summed E-state index contributed by atoms with van der Waals surface area (Å²) in [6.45, 7) is 2.18. The van der Waals surface area contributed by atoms with Gasteiger partial charge in [0, 0.05) is 29.2 Å². The number of alkyl halides is 1. The van der Waals surface area contributed by atoms with Gasteiger partial charge in [-0.1, -0.05) is 15.9 Å². The maximum Gasteiger partial charge on any atom is 0.111 e. The first-order chi connectivity index (χ1) is 10.2. The molecule has 2 heterocycles. The molecule has 0 aliphatic rings. The summed E-state index contributed by atoms with van der Waals surface area (Å²) in [7, 11) is 0. The summed E-state index contributed by atoms with van der Waals surface area (Å²) in [6.07, 6.45) is 3.31. The van der Waals surface area contributed by atoms with Crippen LogP contribution in [0.15, 0.2) is 45.5 Å². The third-order valence-corrected chi connectivity index (χ3v) is 4.24. The normalized spacial score (nSPS) is 12.9. The molecule has 3 rings (SSSR count). The SMILES string of the molecule is CC(Cc1ccco1)n1c(CCCl)nc2cc(Br)ccc21. The fourth-order valence-electron chi connectivity index (χ4n) is 2.69. The van der Waals surface area contributed by atoms with E-state index in [1.807, 2.05) is 24.3 Å². The van der Waals surface area contributed by atoms with Gasteiger partial charge in [-0.2, -0.15) is 0 Å². The molecule has 21 heavy (non-hydrogen) atoms. The van der Waals surface area contributed by atoms with Crippen molar-refractivity contribution in [3.8, 4) is 0 Å². The number of imidazole rings is 1. The molecule has 0 fully saturated rings. The zero-order valence-electron chi connectivity index (χ0n) is 11.7. The van der Waals surface area contributed by atoms with Crippen molar-refractivity contribution in [3.63, 3.8) is 0 Å². The Balaban J connectivity index is 2.03. The van der Waals surface area contributed by atoms with E-state index >= 15 is 0 Å². The van der Waals surface area contributed by atoms with Crippen LogP contribution in [-0.2, 0) is 12.8 Å². The molecule has 5 heteroatoms. The molecule has 0 amide bonds. The van der Waals surface area contributed by atoms with Gasteiger partial charge in [-0.05, 0) is 37.3 Å². The molecule has 2 aromatic heterocycles. The minimum Gasteiger partial charge on any atom is -0.469 e. The van der Waals surface area contributed by atoms with Gasteiger partial charge in [0.1, 0.15) is 11.6 Å². The number of benzene rings is 1. The first kappa shape index (κ1) is 14.7. The van der Waals surface area contributed by atoms with Crippen molar-refractivity contribution in [3.05, 3.63) is 52.7 Å². The molecule has 1 unspecified atom stereocenters. The first-order valence-electron chi connectivity index (χ1n) is 6.93. The van der Waals surface area contributed by atoms with Crippen molar-refractivity contribution in [2.45, 2.75) is 25.8 Å². The lowest BCUT2D eigenvalue weighted by Crippen LogP contribution is -2.12. The number of rotatable bonds is 5. The molecule has 0 saturated carbocycles. The first-order valence-corrected chi connectivity index (χ1v) is 8.26. The van der Waals surface area contributed by atoms with Crippen LogP contribution in [0.3, 0.4) is 0 Å². The minimum absolute atomic E-state index is 0.264. The number of furan rings is 1. The largest absolute Gasteiger partial charge is 0.469 e. The van der Waals surface area contributed by atoms with Crippen LogP contribution in [0.1, 0.15) is 24.6 Å². The lowest BCUT2D eigenvalue weighted by atomic mass is 10.1. The molecule has 110 valence electrons. The van der Waals surface area contributed by atoms with E-state index in [1.165, 1.54) is 0 Å². The fourth-order valence-corrected chi connectivity index (χ4v) is 3.20. The Morgan fingerprint density at radius 1 is 1.38 bits per heavy atom. The molecule has 0 bridgehead atoms. The third kappa shape index (κ3) is 3.01. The van der Waals surface area contributed by atoms with E-state index in [0.717, 1.165) is 39.9 Å². The van der Waals surface area contributed by atoms with Crippen molar-refractivity contribution in [2.75, 3.05) is 5.88 Å².